The number of ketones is 1. The van der Waals surface area contributed by atoms with Crippen molar-refractivity contribution < 1.29 is 9.59 Å². The Morgan fingerprint density at radius 3 is 2.84 bits per heavy atom. The molecule has 0 saturated carbocycles. The van der Waals surface area contributed by atoms with Gasteiger partial charge >= 0.3 is 0 Å². The molecule has 0 spiro atoms. The van der Waals surface area contributed by atoms with Crippen LogP contribution in [0.1, 0.15) is 46.0 Å². The van der Waals surface area contributed by atoms with E-state index in [1.165, 1.54) is 6.92 Å². The van der Waals surface area contributed by atoms with Crippen LogP contribution in [0.4, 0.5) is 5.82 Å². The molecule has 1 aromatic carbocycles. The molecule has 2 aromatic rings. The van der Waals surface area contributed by atoms with E-state index in [2.05, 4.69) is 20.4 Å². The number of nitrogens with one attached hydrogen (secondary N) is 1. The Balaban J connectivity index is 1.68. The summed E-state index contributed by atoms with van der Waals surface area (Å²) in [4.78, 5) is 26.4. The number of hydrogen-bond acceptors (Lipinski definition) is 5. The first-order chi connectivity index (χ1) is 12.0. The van der Waals surface area contributed by atoms with Gasteiger partial charge < -0.3 is 10.2 Å². The minimum Gasteiger partial charge on any atom is -0.353 e. The van der Waals surface area contributed by atoms with Crippen molar-refractivity contribution in [2.24, 2.45) is 0 Å². The Morgan fingerprint density at radius 2 is 2.12 bits per heavy atom. The molecule has 1 saturated heterocycles. The van der Waals surface area contributed by atoms with E-state index in [9.17, 15) is 9.59 Å². The fourth-order valence-corrected chi connectivity index (χ4v) is 3.18. The second kappa shape index (κ2) is 7.42. The predicted octanol–water partition coefficient (Wildman–Crippen LogP) is 2.39. The SMILES string of the molecule is CC(=O)c1cc(C(=O)N[C@@H]2CCCN(c3cccnn3)C2)ccc1C. The van der Waals surface area contributed by atoms with E-state index in [1.54, 1.807) is 18.3 Å². The molecule has 1 amide bonds. The minimum absolute atomic E-state index is 0.0290. The monoisotopic (exact) mass is 338 g/mol. The average Bonchev–Trinajstić information content (AvgIpc) is 2.62. The van der Waals surface area contributed by atoms with E-state index < -0.39 is 0 Å². The lowest BCUT2D eigenvalue weighted by atomic mass is 10.0. The zero-order valence-electron chi connectivity index (χ0n) is 14.5. The molecular weight excluding hydrogens is 316 g/mol. The lowest BCUT2D eigenvalue weighted by molar-refractivity contribution is 0.0933. The lowest BCUT2D eigenvalue weighted by Crippen LogP contribution is -2.48. The van der Waals surface area contributed by atoms with Crippen LogP contribution in [0.2, 0.25) is 0 Å². The molecule has 6 heteroatoms. The van der Waals surface area contributed by atoms with Crippen LogP contribution < -0.4 is 10.2 Å². The molecule has 130 valence electrons. The van der Waals surface area contributed by atoms with Crippen molar-refractivity contribution in [3.63, 3.8) is 0 Å². The molecule has 3 rings (SSSR count). The van der Waals surface area contributed by atoms with Gasteiger partial charge in [-0.2, -0.15) is 5.10 Å². The molecule has 0 bridgehead atoms. The van der Waals surface area contributed by atoms with E-state index in [0.29, 0.717) is 17.7 Å². The highest BCUT2D eigenvalue weighted by Gasteiger charge is 2.23. The van der Waals surface area contributed by atoms with Crippen molar-refractivity contribution >= 4 is 17.5 Å². The highest BCUT2D eigenvalue weighted by atomic mass is 16.1. The maximum Gasteiger partial charge on any atom is 0.251 e. The lowest BCUT2D eigenvalue weighted by Gasteiger charge is -2.33. The van der Waals surface area contributed by atoms with Crippen molar-refractivity contribution in [3.8, 4) is 0 Å². The van der Waals surface area contributed by atoms with Gasteiger partial charge in [0, 0.05) is 36.5 Å². The van der Waals surface area contributed by atoms with E-state index in [-0.39, 0.29) is 17.7 Å². The third-order valence-electron chi connectivity index (χ3n) is 4.52. The molecular formula is C19H22N4O2. The summed E-state index contributed by atoms with van der Waals surface area (Å²) in [5, 5.41) is 11.1. The van der Waals surface area contributed by atoms with Crippen LogP contribution in [-0.2, 0) is 0 Å². The summed E-state index contributed by atoms with van der Waals surface area (Å²) in [5.74, 6) is 0.655. The van der Waals surface area contributed by atoms with Gasteiger partial charge in [-0.25, -0.2) is 0 Å². The number of aromatic nitrogens is 2. The standard InChI is InChI=1S/C19H22N4O2/c1-13-7-8-15(11-17(13)14(2)24)19(25)21-16-5-4-10-23(12-16)18-6-3-9-20-22-18/h3,6-9,11,16H,4-5,10,12H2,1-2H3,(H,21,25)/t16-/m1/s1. The Morgan fingerprint density at radius 1 is 1.28 bits per heavy atom. The Bertz CT molecular complexity index is 776. The average molecular weight is 338 g/mol. The number of nitrogens with zero attached hydrogens (tertiary/aromatic N) is 3. The van der Waals surface area contributed by atoms with Crippen LogP contribution in [0.3, 0.4) is 0 Å². The summed E-state index contributed by atoms with van der Waals surface area (Å²) in [6, 6.07) is 9.09. The number of benzene rings is 1. The fourth-order valence-electron chi connectivity index (χ4n) is 3.18. The molecule has 0 radical (unpaired) electrons. The van der Waals surface area contributed by atoms with Crippen LogP contribution in [0.15, 0.2) is 36.5 Å². The number of carbonyl (C=O) groups excluding carboxylic acids is 2. The van der Waals surface area contributed by atoms with Crippen molar-refractivity contribution in [2.75, 3.05) is 18.0 Å². The quantitative estimate of drug-likeness (QED) is 0.867. The fraction of sp³-hybridized carbons (Fsp3) is 0.368. The molecule has 25 heavy (non-hydrogen) atoms. The van der Waals surface area contributed by atoms with Gasteiger partial charge in [-0.1, -0.05) is 6.07 Å². The van der Waals surface area contributed by atoms with Crippen LogP contribution in [0.5, 0.6) is 0 Å². The second-order valence-electron chi connectivity index (χ2n) is 6.43. The number of anilines is 1. The first-order valence-corrected chi connectivity index (χ1v) is 8.49. The molecule has 1 aromatic heterocycles. The van der Waals surface area contributed by atoms with Gasteiger partial charge in [0.1, 0.15) is 0 Å². The first-order valence-electron chi connectivity index (χ1n) is 8.49. The van der Waals surface area contributed by atoms with E-state index in [1.807, 2.05) is 25.1 Å². The largest absolute Gasteiger partial charge is 0.353 e. The Hall–Kier alpha value is -2.76. The summed E-state index contributed by atoms with van der Waals surface area (Å²) >= 11 is 0. The zero-order chi connectivity index (χ0) is 17.8. The first kappa shape index (κ1) is 17.1. The van der Waals surface area contributed by atoms with Crippen LogP contribution in [-0.4, -0.2) is 41.0 Å². The maximum absolute atomic E-state index is 12.6. The number of hydrogen-bond donors (Lipinski definition) is 1. The van der Waals surface area contributed by atoms with Gasteiger partial charge in [-0.3, -0.25) is 9.59 Å². The van der Waals surface area contributed by atoms with Gasteiger partial charge in [0.2, 0.25) is 0 Å². The molecule has 1 aliphatic heterocycles. The van der Waals surface area contributed by atoms with Crippen LogP contribution >= 0.6 is 0 Å². The molecule has 1 atom stereocenters. The molecule has 2 heterocycles. The molecule has 1 N–H and O–H groups in total. The number of carbonyl (C=O) groups is 2. The van der Waals surface area contributed by atoms with Gasteiger partial charge in [0.15, 0.2) is 11.6 Å². The van der Waals surface area contributed by atoms with Crippen molar-refractivity contribution in [2.45, 2.75) is 32.7 Å². The van der Waals surface area contributed by atoms with E-state index in [0.717, 1.165) is 30.8 Å². The van der Waals surface area contributed by atoms with Gasteiger partial charge in [-0.05, 0) is 56.5 Å². The highest BCUT2D eigenvalue weighted by Crippen LogP contribution is 2.18. The zero-order valence-corrected chi connectivity index (χ0v) is 14.5. The van der Waals surface area contributed by atoms with Crippen LogP contribution in [0.25, 0.3) is 0 Å². The number of piperidine rings is 1. The molecule has 0 aliphatic carbocycles. The summed E-state index contributed by atoms with van der Waals surface area (Å²) in [6.07, 6.45) is 3.55. The maximum atomic E-state index is 12.6. The number of rotatable bonds is 4. The summed E-state index contributed by atoms with van der Waals surface area (Å²) < 4.78 is 0. The molecule has 6 nitrogen and oxygen atoms in total. The third-order valence-corrected chi connectivity index (χ3v) is 4.52. The highest BCUT2D eigenvalue weighted by molar-refractivity contribution is 6.00. The summed E-state index contributed by atoms with van der Waals surface area (Å²) in [7, 11) is 0. The predicted molar refractivity (Wildman–Crippen MR) is 95.9 cm³/mol. The molecule has 1 fully saturated rings. The summed E-state index contributed by atoms with van der Waals surface area (Å²) in [5.41, 5.74) is 2.00. The molecule has 0 unspecified atom stereocenters. The third kappa shape index (κ3) is 4.02. The number of Topliss-reactive ketones (excluding diaryl/α,β-unsaturated/α-hetero) is 1. The summed E-state index contributed by atoms with van der Waals surface area (Å²) in [6.45, 7) is 5.00. The van der Waals surface area contributed by atoms with Crippen molar-refractivity contribution in [1.29, 1.82) is 0 Å². The van der Waals surface area contributed by atoms with Crippen molar-refractivity contribution in [1.82, 2.24) is 15.5 Å². The van der Waals surface area contributed by atoms with Gasteiger partial charge in [0.25, 0.3) is 5.91 Å². The number of aryl methyl sites for hydroxylation is 1. The topological polar surface area (TPSA) is 75.2 Å². The van der Waals surface area contributed by atoms with E-state index >= 15 is 0 Å². The van der Waals surface area contributed by atoms with Gasteiger partial charge in [-0.15, -0.1) is 5.10 Å². The van der Waals surface area contributed by atoms with Gasteiger partial charge in [0.05, 0.1) is 0 Å². The smallest absolute Gasteiger partial charge is 0.251 e. The normalized spacial score (nSPS) is 17.2. The number of amides is 1. The molecule has 1 aliphatic rings. The Kier molecular flexibility index (Phi) is 5.07. The van der Waals surface area contributed by atoms with E-state index in [4.69, 9.17) is 0 Å². The Labute approximate surface area is 147 Å². The van der Waals surface area contributed by atoms with Crippen LogP contribution in [0, 0.1) is 6.92 Å². The minimum atomic E-state index is -0.145. The van der Waals surface area contributed by atoms with Crippen molar-refractivity contribution in [3.05, 3.63) is 53.2 Å². The second-order valence-corrected chi connectivity index (χ2v) is 6.43.